The average Bonchev–Trinajstić information content (AvgIpc) is 2.55. The van der Waals surface area contributed by atoms with Gasteiger partial charge in [-0.05, 0) is 68.7 Å². The molecular weight excluding hydrogens is 338 g/mol. The monoisotopic (exact) mass is 361 g/mol. The number of amides is 1. The number of hydrogen-bond acceptors (Lipinski definition) is 3. The second-order valence-corrected chi connectivity index (χ2v) is 6.63. The van der Waals surface area contributed by atoms with E-state index in [1.165, 1.54) is 0 Å². The lowest BCUT2D eigenvalue weighted by Crippen LogP contribution is -2.28. The highest BCUT2D eigenvalue weighted by Gasteiger charge is 2.07. The number of benzene rings is 2. The first kappa shape index (κ1) is 19.1. The highest BCUT2D eigenvalue weighted by Crippen LogP contribution is 2.25. The van der Waals surface area contributed by atoms with Gasteiger partial charge in [-0.25, -0.2) is 0 Å². The smallest absolute Gasteiger partial charge is 0.258 e. The topological polar surface area (TPSA) is 47.6 Å². The first-order chi connectivity index (χ1) is 11.8. The minimum absolute atomic E-state index is 0.0390. The number of ether oxygens (including phenoxy) is 2. The van der Waals surface area contributed by atoms with Crippen LogP contribution in [0.2, 0.25) is 5.02 Å². The number of carbonyl (C=O) groups excluding carboxylic acids is 1. The average molecular weight is 362 g/mol. The number of halogens is 1. The molecule has 134 valence electrons. The van der Waals surface area contributed by atoms with Crippen LogP contribution in [0, 0.1) is 13.8 Å². The van der Waals surface area contributed by atoms with Gasteiger partial charge in [-0.3, -0.25) is 4.79 Å². The number of nitrogens with one attached hydrogen (secondary N) is 1. The molecule has 25 heavy (non-hydrogen) atoms. The van der Waals surface area contributed by atoms with Crippen LogP contribution in [-0.4, -0.2) is 18.6 Å². The first-order valence-electron chi connectivity index (χ1n) is 8.27. The fraction of sp³-hybridized carbons (Fsp3) is 0.350. The van der Waals surface area contributed by atoms with Crippen molar-refractivity contribution in [2.75, 3.05) is 6.61 Å². The molecule has 0 unspecified atom stereocenters. The molecule has 0 spiro atoms. The van der Waals surface area contributed by atoms with Gasteiger partial charge in [-0.15, -0.1) is 0 Å². The van der Waals surface area contributed by atoms with E-state index in [0.717, 1.165) is 27.5 Å². The molecule has 0 heterocycles. The van der Waals surface area contributed by atoms with Gasteiger partial charge >= 0.3 is 0 Å². The predicted octanol–water partition coefficient (Wildman–Crippen LogP) is 4.44. The van der Waals surface area contributed by atoms with Crippen LogP contribution in [0.5, 0.6) is 11.5 Å². The van der Waals surface area contributed by atoms with E-state index in [2.05, 4.69) is 5.32 Å². The largest absolute Gasteiger partial charge is 0.491 e. The molecule has 5 heteroatoms. The Kier molecular flexibility index (Phi) is 6.71. The maximum Gasteiger partial charge on any atom is 0.258 e. The van der Waals surface area contributed by atoms with E-state index >= 15 is 0 Å². The highest BCUT2D eigenvalue weighted by atomic mass is 35.5. The van der Waals surface area contributed by atoms with Crippen LogP contribution < -0.4 is 14.8 Å². The SMILES string of the molecule is Cc1cc(OCC(=O)NCc2cccc(OC(C)C)c2)cc(C)c1Cl. The molecule has 2 rings (SSSR count). The van der Waals surface area contributed by atoms with Gasteiger partial charge in [0.1, 0.15) is 11.5 Å². The molecule has 0 bridgehead atoms. The summed E-state index contributed by atoms with van der Waals surface area (Å²) < 4.78 is 11.2. The van der Waals surface area contributed by atoms with Crippen molar-refractivity contribution in [3.05, 3.63) is 58.1 Å². The quantitative estimate of drug-likeness (QED) is 0.793. The van der Waals surface area contributed by atoms with Crippen molar-refractivity contribution < 1.29 is 14.3 Å². The standard InChI is InChI=1S/C20H24ClNO3/c1-13(2)25-17-7-5-6-16(10-17)11-22-19(23)12-24-18-8-14(3)20(21)15(4)9-18/h5-10,13H,11-12H2,1-4H3,(H,22,23). The molecule has 0 saturated heterocycles. The van der Waals surface area contributed by atoms with Crippen molar-refractivity contribution in [3.8, 4) is 11.5 Å². The Balaban J connectivity index is 1.85. The molecule has 4 nitrogen and oxygen atoms in total. The number of rotatable bonds is 7. The van der Waals surface area contributed by atoms with Gasteiger partial charge in [0.05, 0.1) is 6.10 Å². The van der Waals surface area contributed by atoms with Crippen LogP contribution in [0.25, 0.3) is 0 Å². The third-order valence-electron chi connectivity index (χ3n) is 3.54. The van der Waals surface area contributed by atoms with Gasteiger partial charge in [0.25, 0.3) is 5.91 Å². The molecule has 1 N–H and O–H groups in total. The molecule has 2 aromatic carbocycles. The minimum atomic E-state index is -0.180. The van der Waals surface area contributed by atoms with Crippen LogP contribution in [0.15, 0.2) is 36.4 Å². The van der Waals surface area contributed by atoms with E-state index < -0.39 is 0 Å². The maximum absolute atomic E-state index is 12.0. The molecule has 0 aromatic heterocycles. The second-order valence-electron chi connectivity index (χ2n) is 6.25. The van der Waals surface area contributed by atoms with Gasteiger partial charge < -0.3 is 14.8 Å². The summed E-state index contributed by atoms with van der Waals surface area (Å²) >= 11 is 6.13. The summed E-state index contributed by atoms with van der Waals surface area (Å²) in [6.07, 6.45) is 0.115. The third kappa shape index (κ3) is 5.98. The summed E-state index contributed by atoms with van der Waals surface area (Å²) in [6, 6.07) is 11.3. The summed E-state index contributed by atoms with van der Waals surface area (Å²) in [6.45, 7) is 8.17. The first-order valence-corrected chi connectivity index (χ1v) is 8.65. The molecule has 0 aliphatic rings. The summed E-state index contributed by atoms with van der Waals surface area (Å²) in [5.74, 6) is 1.26. The van der Waals surface area contributed by atoms with E-state index in [4.69, 9.17) is 21.1 Å². The van der Waals surface area contributed by atoms with Crippen LogP contribution in [0.1, 0.15) is 30.5 Å². The minimum Gasteiger partial charge on any atom is -0.491 e. The molecule has 0 fully saturated rings. The molecular formula is C20H24ClNO3. The van der Waals surface area contributed by atoms with Crippen LogP contribution in [-0.2, 0) is 11.3 Å². The van der Waals surface area contributed by atoms with Crippen molar-refractivity contribution in [2.24, 2.45) is 0 Å². The van der Waals surface area contributed by atoms with Crippen molar-refractivity contribution >= 4 is 17.5 Å². The van der Waals surface area contributed by atoms with Crippen molar-refractivity contribution in [2.45, 2.75) is 40.3 Å². The zero-order chi connectivity index (χ0) is 18.4. The number of hydrogen-bond donors (Lipinski definition) is 1. The Morgan fingerprint density at radius 2 is 1.80 bits per heavy atom. The zero-order valence-corrected chi connectivity index (χ0v) is 15.8. The Labute approximate surface area is 154 Å². The predicted molar refractivity (Wildman–Crippen MR) is 100 cm³/mol. The fourth-order valence-electron chi connectivity index (χ4n) is 2.39. The zero-order valence-electron chi connectivity index (χ0n) is 15.1. The number of carbonyl (C=O) groups is 1. The van der Waals surface area contributed by atoms with Gasteiger partial charge in [0.15, 0.2) is 6.61 Å². The lowest BCUT2D eigenvalue weighted by atomic mass is 10.1. The lowest BCUT2D eigenvalue weighted by molar-refractivity contribution is -0.123. The summed E-state index contributed by atoms with van der Waals surface area (Å²) in [4.78, 5) is 12.0. The molecule has 2 aromatic rings. The van der Waals surface area contributed by atoms with E-state index in [-0.39, 0.29) is 18.6 Å². The van der Waals surface area contributed by atoms with Gasteiger partial charge in [0, 0.05) is 11.6 Å². The number of aryl methyl sites for hydroxylation is 2. The van der Waals surface area contributed by atoms with Crippen LogP contribution >= 0.6 is 11.6 Å². The molecule has 0 aliphatic heterocycles. The second kappa shape index (κ2) is 8.77. The lowest BCUT2D eigenvalue weighted by Gasteiger charge is -2.12. The van der Waals surface area contributed by atoms with E-state index in [0.29, 0.717) is 12.3 Å². The van der Waals surface area contributed by atoms with Crippen LogP contribution in [0.4, 0.5) is 0 Å². The van der Waals surface area contributed by atoms with Crippen molar-refractivity contribution in [1.82, 2.24) is 5.32 Å². The van der Waals surface area contributed by atoms with E-state index in [1.54, 1.807) is 0 Å². The van der Waals surface area contributed by atoms with E-state index in [9.17, 15) is 4.79 Å². The molecule has 0 aliphatic carbocycles. The van der Waals surface area contributed by atoms with Gasteiger partial charge in [-0.1, -0.05) is 23.7 Å². The van der Waals surface area contributed by atoms with Crippen molar-refractivity contribution in [1.29, 1.82) is 0 Å². The third-order valence-corrected chi connectivity index (χ3v) is 4.14. The Morgan fingerprint density at radius 1 is 1.12 bits per heavy atom. The highest BCUT2D eigenvalue weighted by molar-refractivity contribution is 6.32. The molecule has 0 saturated carbocycles. The van der Waals surface area contributed by atoms with Crippen LogP contribution in [0.3, 0.4) is 0 Å². The summed E-state index contributed by atoms with van der Waals surface area (Å²) in [5.41, 5.74) is 2.84. The molecule has 0 atom stereocenters. The van der Waals surface area contributed by atoms with Gasteiger partial charge in [0.2, 0.25) is 0 Å². The Hall–Kier alpha value is -2.20. The summed E-state index contributed by atoms with van der Waals surface area (Å²) in [5, 5.41) is 3.57. The maximum atomic E-state index is 12.0. The Bertz CT molecular complexity index is 720. The van der Waals surface area contributed by atoms with Gasteiger partial charge in [-0.2, -0.15) is 0 Å². The van der Waals surface area contributed by atoms with E-state index in [1.807, 2.05) is 64.1 Å². The Morgan fingerprint density at radius 3 is 2.44 bits per heavy atom. The van der Waals surface area contributed by atoms with Crippen molar-refractivity contribution in [3.63, 3.8) is 0 Å². The normalized spacial score (nSPS) is 10.6. The molecule has 1 amide bonds. The molecule has 0 radical (unpaired) electrons. The summed E-state index contributed by atoms with van der Waals surface area (Å²) in [7, 11) is 0. The fourth-order valence-corrected chi connectivity index (χ4v) is 2.50.